The van der Waals surface area contributed by atoms with Crippen LogP contribution in [0, 0.1) is 0 Å². The summed E-state index contributed by atoms with van der Waals surface area (Å²) in [5.41, 5.74) is 10.3. The van der Waals surface area contributed by atoms with Gasteiger partial charge in [0.25, 0.3) is 0 Å². The fourth-order valence-corrected chi connectivity index (χ4v) is 5.17. The van der Waals surface area contributed by atoms with E-state index >= 15 is 0 Å². The lowest BCUT2D eigenvalue weighted by atomic mass is 9.74. The number of aryl methyl sites for hydroxylation is 1. The van der Waals surface area contributed by atoms with Crippen molar-refractivity contribution in [1.82, 2.24) is 4.90 Å². The number of amides is 1. The van der Waals surface area contributed by atoms with Gasteiger partial charge in [-0.2, -0.15) is 0 Å². The zero-order valence-electron chi connectivity index (χ0n) is 15.3. The number of nitrogens with zero attached hydrogens (tertiary/aromatic N) is 1. The number of halogens is 2. The van der Waals surface area contributed by atoms with Crippen molar-refractivity contribution in [2.45, 2.75) is 43.6 Å². The molecule has 0 radical (unpaired) electrons. The first-order chi connectivity index (χ1) is 13.0. The first-order valence-electron chi connectivity index (χ1n) is 9.55. The third-order valence-electron chi connectivity index (χ3n) is 6.27. The van der Waals surface area contributed by atoms with E-state index in [4.69, 9.17) is 28.9 Å². The number of carbonyl (C=O) groups excluding carboxylic acids is 1. The van der Waals surface area contributed by atoms with Crippen molar-refractivity contribution in [2.75, 3.05) is 13.1 Å². The second-order valence-corrected chi connectivity index (χ2v) is 8.65. The van der Waals surface area contributed by atoms with Gasteiger partial charge in [-0.25, -0.2) is 0 Å². The molecule has 0 bridgehead atoms. The van der Waals surface area contributed by atoms with E-state index < -0.39 is 6.04 Å². The maximum atomic E-state index is 12.9. The molecule has 2 N–H and O–H groups in total. The summed E-state index contributed by atoms with van der Waals surface area (Å²) in [7, 11) is 0. The SMILES string of the molecule is NC(Cc1ccc(Cl)cc1Cl)C(=O)N1CCC2(CCc3ccccc32)CC1. The second kappa shape index (κ2) is 7.46. The number of hydrogen-bond acceptors (Lipinski definition) is 2. The minimum atomic E-state index is -0.575. The number of nitrogens with two attached hydrogens (primary N) is 1. The molecule has 5 heteroatoms. The maximum absolute atomic E-state index is 12.9. The molecule has 1 heterocycles. The Balaban J connectivity index is 1.40. The monoisotopic (exact) mass is 402 g/mol. The highest BCUT2D eigenvalue weighted by atomic mass is 35.5. The second-order valence-electron chi connectivity index (χ2n) is 7.81. The van der Waals surface area contributed by atoms with Crippen LogP contribution in [0.25, 0.3) is 0 Å². The molecule has 2 aromatic carbocycles. The quantitative estimate of drug-likeness (QED) is 0.827. The lowest BCUT2D eigenvalue weighted by Gasteiger charge is -2.41. The van der Waals surface area contributed by atoms with Crippen LogP contribution in [0.5, 0.6) is 0 Å². The van der Waals surface area contributed by atoms with Gasteiger partial charge in [-0.15, -0.1) is 0 Å². The van der Waals surface area contributed by atoms with Gasteiger partial charge in [-0.1, -0.05) is 53.5 Å². The molecule has 142 valence electrons. The minimum Gasteiger partial charge on any atom is -0.341 e. The molecule has 3 nitrogen and oxygen atoms in total. The molecule has 1 saturated heterocycles. The van der Waals surface area contributed by atoms with Crippen molar-refractivity contribution in [3.63, 3.8) is 0 Å². The number of benzene rings is 2. The highest BCUT2D eigenvalue weighted by molar-refractivity contribution is 6.35. The van der Waals surface area contributed by atoms with Crippen LogP contribution in [0.2, 0.25) is 10.0 Å². The van der Waals surface area contributed by atoms with E-state index in [2.05, 4.69) is 24.3 Å². The number of piperidine rings is 1. The standard InChI is InChI=1S/C22H24Cl2N2O/c23-17-6-5-16(19(24)14-17)13-20(25)21(27)26-11-9-22(10-12-26)8-7-15-3-1-2-4-18(15)22/h1-6,14,20H,7-13,25H2. The maximum Gasteiger partial charge on any atom is 0.239 e. The summed E-state index contributed by atoms with van der Waals surface area (Å²) >= 11 is 12.2. The summed E-state index contributed by atoms with van der Waals surface area (Å²) in [5.74, 6) is 0.0159. The Labute approximate surface area is 170 Å². The highest BCUT2D eigenvalue weighted by Gasteiger charge is 2.42. The Kier molecular flexibility index (Phi) is 5.19. The van der Waals surface area contributed by atoms with Crippen LogP contribution >= 0.6 is 23.2 Å². The smallest absolute Gasteiger partial charge is 0.239 e. The summed E-state index contributed by atoms with van der Waals surface area (Å²) in [6, 6.07) is 13.5. The van der Waals surface area contributed by atoms with E-state index in [-0.39, 0.29) is 11.3 Å². The predicted octanol–water partition coefficient (Wildman–Crippen LogP) is 4.37. The Morgan fingerprint density at radius 1 is 1.11 bits per heavy atom. The number of carbonyl (C=O) groups is 1. The molecule has 1 unspecified atom stereocenters. The molecule has 1 amide bonds. The van der Waals surface area contributed by atoms with Gasteiger partial charge in [0, 0.05) is 23.1 Å². The number of hydrogen-bond donors (Lipinski definition) is 1. The fourth-order valence-electron chi connectivity index (χ4n) is 4.68. The van der Waals surface area contributed by atoms with Crippen molar-refractivity contribution >= 4 is 29.1 Å². The van der Waals surface area contributed by atoms with Gasteiger partial charge >= 0.3 is 0 Å². The summed E-state index contributed by atoms with van der Waals surface area (Å²) in [5, 5.41) is 1.15. The van der Waals surface area contributed by atoms with Crippen molar-refractivity contribution in [3.05, 3.63) is 69.2 Å². The topological polar surface area (TPSA) is 46.3 Å². The lowest BCUT2D eigenvalue weighted by molar-refractivity contribution is -0.134. The predicted molar refractivity (Wildman–Crippen MR) is 110 cm³/mol. The van der Waals surface area contributed by atoms with Crippen molar-refractivity contribution in [2.24, 2.45) is 5.73 Å². The molecule has 4 rings (SSSR count). The third kappa shape index (κ3) is 3.61. The highest BCUT2D eigenvalue weighted by Crippen LogP contribution is 2.46. The van der Waals surface area contributed by atoms with Crippen LogP contribution in [0.15, 0.2) is 42.5 Å². The molecule has 1 fully saturated rings. The molecule has 1 spiro atoms. The zero-order chi connectivity index (χ0) is 19.0. The molecular weight excluding hydrogens is 379 g/mol. The molecule has 0 saturated carbocycles. The van der Waals surface area contributed by atoms with Crippen LogP contribution in [0.4, 0.5) is 0 Å². The Morgan fingerprint density at radius 3 is 2.59 bits per heavy atom. The third-order valence-corrected chi connectivity index (χ3v) is 6.85. The average molecular weight is 403 g/mol. The van der Waals surface area contributed by atoms with Crippen LogP contribution in [-0.4, -0.2) is 29.9 Å². The largest absolute Gasteiger partial charge is 0.341 e. The van der Waals surface area contributed by atoms with Gasteiger partial charge in [0.15, 0.2) is 0 Å². The van der Waals surface area contributed by atoms with Crippen molar-refractivity contribution < 1.29 is 4.79 Å². The lowest BCUT2D eigenvalue weighted by Crippen LogP contribution is -2.50. The molecular formula is C22H24Cl2N2O. The number of rotatable bonds is 3. The van der Waals surface area contributed by atoms with Crippen LogP contribution < -0.4 is 5.73 Å². The van der Waals surface area contributed by atoms with Gasteiger partial charge in [0.05, 0.1) is 6.04 Å². The summed E-state index contributed by atoms with van der Waals surface area (Å²) in [6.07, 6.45) is 4.81. The zero-order valence-corrected chi connectivity index (χ0v) is 16.8. The van der Waals surface area contributed by atoms with Gasteiger partial charge in [-0.3, -0.25) is 4.79 Å². The molecule has 1 aliphatic carbocycles. The number of fused-ring (bicyclic) bond motifs is 2. The van der Waals surface area contributed by atoms with E-state index in [1.54, 1.807) is 12.1 Å². The first kappa shape index (κ1) is 18.8. The summed E-state index contributed by atoms with van der Waals surface area (Å²) < 4.78 is 0. The molecule has 1 atom stereocenters. The van der Waals surface area contributed by atoms with Crippen molar-refractivity contribution in [1.29, 1.82) is 0 Å². The molecule has 2 aliphatic rings. The fraction of sp³-hybridized carbons (Fsp3) is 0.409. The van der Waals surface area contributed by atoms with E-state index in [0.717, 1.165) is 37.9 Å². The Bertz CT molecular complexity index is 859. The van der Waals surface area contributed by atoms with Crippen LogP contribution in [0.1, 0.15) is 36.0 Å². The summed E-state index contributed by atoms with van der Waals surface area (Å²) in [6.45, 7) is 1.55. The van der Waals surface area contributed by atoms with Crippen LogP contribution in [-0.2, 0) is 23.1 Å². The normalized spacial score (nSPS) is 19.1. The van der Waals surface area contributed by atoms with Gasteiger partial charge in [0.2, 0.25) is 5.91 Å². The molecule has 27 heavy (non-hydrogen) atoms. The van der Waals surface area contributed by atoms with Gasteiger partial charge in [0.1, 0.15) is 0 Å². The van der Waals surface area contributed by atoms with Gasteiger partial charge < -0.3 is 10.6 Å². The van der Waals surface area contributed by atoms with Gasteiger partial charge in [-0.05, 0) is 66.3 Å². The van der Waals surface area contributed by atoms with E-state index in [9.17, 15) is 4.79 Å². The average Bonchev–Trinajstić information content (AvgIpc) is 3.03. The van der Waals surface area contributed by atoms with E-state index in [0.29, 0.717) is 16.5 Å². The summed E-state index contributed by atoms with van der Waals surface area (Å²) in [4.78, 5) is 14.8. The van der Waals surface area contributed by atoms with Crippen LogP contribution in [0.3, 0.4) is 0 Å². The molecule has 0 aromatic heterocycles. The first-order valence-corrected chi connectivity index (χ1v) is 10.3. The number of likely N-dealkylation sites (tertiary alicyclic amines) is 1. The molecule has 2 aromatic rings. The minimum absolute atomic E-state index is 0.0159. The Hall–Kier alpha value is -1.55. The Morgan fingerprint density at radius 2 is 1.85 bits per heavy atom. The van der Waals surface area contributed by atoms with Crippen molar-refractivity contribution in [3.8, 4) is 0 Å². The van der Waals surface area contributed by atoms with E-state index in [1.165, 1.54) is 17.5 Å². The molecule has 1 aliphatic heterocycles. The van der Waals surface area contributed by atoms with E-state index in [1.807, 2.05) is 11.0 Å².